The van der Waals surface area contributed by atoms with Crippen LogP contribution in [0, 0.1) is 5.92 Å². The average molecular weight is 408 g/mol. The summed E-state index contributed by atoms with van der Waals surface area (Å²) in [6.07, 6.45) is 3.69. The quantitative estimate of drug-likeness (QED) is 0.634. The van der Waals surface area contributed by atoms with Crippen LogP contribution >= 0.6 is 0 Å². The first-order valence-electron chi connectivity index (χ1n) is 10.3. The third-order valence-corrected chi connectivity index (χ3v) is 6.07. The summed E-state index contributed by atoms with van der Waals surface area (Å²) < 4.78 is 10.5. The van der Waals surface area contributed by atoms with Crippen LogP contribution in [0.4, 0.5) is 5.82 Å². The van der Waals surface area contributed by atoms with E-state index in [0.717, 1.165) is 48.6 Å². The number of nitrogens with zero attached hydrogens (tertiary/aromatic N) is 4. The van der Waals surface area contributed by atoms with Gasteiger partial charge in [0.15, 0.2) is 0 Å². The number of ether oxygens (including phenoxy) is 1. The molecule has 0 bridgehead atoms. The van der Waals surface area contributed by atoms with E-state index in [2.05, 4.69) is 37.8 Å². The lowest BCUT2D eigenvalue weighted by Crippen LogP contribution is -2.35. The van der Waals surface area contributed by atoms with Crippen LogP contribution in [0.1, 0.15) is 36.8 Å². The second-order valence-corrected chi connectivity index (χ2v) is 7.86. The van der Waals surface area contributed by atoms with E-state index in [4.69, 9.17) is 9.37 Å². The number of benzene rings is 1. The van der Waals surface area contributed by atoms with Gasteiger partial charge in [-0.2, -0.15) is 5.10 Å². The molecule has 30 heavy (non-hydrogen) atoms. The summed E-state index contributed by atoms with van der Waals surface area (Å²) in [4.78, 5) is 15.6. The number of aromatic nitrogens is 4. The number of carbonyl (C=O) groups is 1. The molecule has 0 aliphatic carbocycles. The van der Waals surface area contributed by atoms with E-state index >= 15 is 0 Å². The first-order chi connectivity index (χ1) is 14.7. The molecule has 0 radical (unpaired) electrons. The van der Waals surface area contributed by atoms with Gasteiger partial charge in [-0.05, 0) is 61.8 Å². The number of hydrogen-bond acceptors (Lipinski definition) is 8. The van der Waals surface area contributed by atoms with Crippen molar-refractivity contribution in [1.82, 2.24) is 25.4 Å². The number of H-pyrrole nitrogens is 1. The van der Waals surface area contributed by atoms with Gasteiger partial charge in [0.25, 0.3) is 0 Å². The molecule has 0 amide bonds. The number of rotatable bonds is 4. The summed E-state index contributed by atoms with van der Waals surface area (Å²) in [7, 11) is 2.12. The fraction of sp³-hybridized carbons (Fsp3) is 0.429. The van der Waals surface area contributed by atoms with Gasteiger partial charge in [-0.15, -0.1) is 0 Å². The van der Waals surface area contributed by atoms with Crippen molar-refractivity contribution < 1.29 is 14.2 Å². The molecule has 156 valence electrons. The van der Waals surface area contributed by atoms with Gasteiger partial charge in [0.1, 0.15) is 16.9 Å². The second kappa shape index (κ2) is 7.56. The number of fused-ring (bicyclic) bond motifs is 2. The van der Waals surface area contributed by atoms with Gasteiger partial charge in [-0.3, -0.25) is 5.10 Å². The zero-order valence-electron chi connectivity index (χ0n) is 17.0. The summed E-state index contributed by atoms with van der Waals surface area (Å²) in [6.45, 7) is 4.10. The van der Waals surface area contributed by atoms with E-state index in [-0.39, 0.29) is 17.8 Å². The molecule has 1 atom stereocenters. The number of esters is 1. The number of piperidine rings is 1. The average Bonchev–Trinajstić information content (AvgIpc) is 3.42. The van der Waals surface area contributed by atoms with Crippen LogP contribution in [-0.4, -0.2) is 58.1 Å². The maximum Gasteiger partial charge on any atom is 0.336 e. The molecule has 1 fully saturated rings. The minimum Gasteiger partial charge on any atom is -0.463 e. The van der Waals surface area contributed by atoms with Crippen molar-refractivity contribution in [3.05, 3.63) is 46.8 Å². The monoisotopic (exact) mass is 408 g/mol. The lowest BCUT2D eigenvalue weighted by molar-refractivity contribution is -0.138. The molecule has 0 spiro atoms. The van der Waals surface area contributed by atoms with Crippen LogP contribution in [0.25, 0.3) is 11.0 Å². The molecule has 1 aromatic carbocycles. The maximum atomic E-state index is 13.3. The van der Waals surface area contributed by atoms with E-state index in [1.54, 1.807) is 6.20 Å². The van der Waals surface area contributed by atoms with Gasteiger partial charge in [0.05, 0.1) is 24.3 Å². The highest BCUT2D eigenvalue weighted by molar-refractivity contribution is 5.96. The number of nitrogens with one attached hydrogen (secondary N) is 2. The Kier molecular flexibility index (Phi) is 4.74. The smallest absolute Gasteiger partial charge is 0.336 e. The minimum atomic E-state index is -0.371. The molecule has 2 aromatic heterocycles. The van der Waals surface area contributed by atoms with Crippen molar-refractivity contribution in [3.8, 4) is 0 Å². The summed E-state index contributed by atoms with van der Waals surface area (Å²) in [5, 5.41) is 18.9. The summed E-state index contributed by atoms with van der Waals surface area (Å²) >= 11 is 0. The van der Waals surface area contributed by atoms with E-state index < -0.39 is 0 Å². The van der Waals surface area contributed by atoms with Gasteiger partial charge in [-0.1, -0.05) is 12.1 Å². The third-order valence-electron chi connectivity index (χ3n) is 6.07. The van der Waals surface area contributed by atoms with Crippen LogP contribution in [0.15, 0.2) is 40.3 Å². The van der Waals surface area contributed by atoms with Gasteiger partial charge in [-0.25, -0.2) is 9.42 Å². The van der Waals surface area contributed by atoms with Gasteiger partial charge in [0.2, 0.25) is 0 Å². The lowest BCUT2D eigenvalue weighted by atomic mass is 9.78. The Labute approximate surface area is 173 Å². The molecule has 1 unspecified atom stereocenters. The van der Waals surface area contributed by atoms with Gasteiger partial charge in [0, 0.05) is 17.2 Å². The number of aromatic amines is 1. The molecule has 4 heterocycles. The molecule has 5 rings (SSSR count). The SMILES string of the molecule is CCOC(=O)C1=C(C2CCN(C)CC2)Nc2[nH]ncc2C1c1cccc2nonc12. The summed E-state index contributed by atoms with van der Waals surface area (Å²) in [6, 6.07) is 5.71. The first kappa shape index (κ1) is 18.8. The normalized spacial score (nSPS) is 20.3. The van der Waals surface area contributed by atoms with Gasteiger partial charge < -0.3 is 15.0 Å². The molecule has 2 N–H and O–H groups in total. The van der Waals surface area contributed by atoms with E-state index in [1.165, 1.54) is 0 Å². The van der Waals surface area contributed by atoms with Crippen molar-refractivity contribution in [2.24, 2.45) is 5.92 Å². The predicted molar refractivity (Wildman–Crippen MR) is 110 cm³/mol. The molecule has 9 heteroatoms. The largest absolute Gasteiger partial charge is 0.463 e. The van der Waals surface area contributed by atoms with E-state index in [9.17, 15) is 4.79 Å². The Hall–Kier alpha value is -3.20. The highest BCUT2D eigenvalue weighted by Gasteiger charge is 2.39. The van der Waals surface area contributed by atoms with Gasteiger partial charge >= 0.3 is 5.97 Å². The summed E-state index contributed by atoms with van der Waals surface area (Å²) in [5.41, 5.74) is 4.56. The highest BCUT2D eigenvalue weighted by Crippen LogP contribution is 2.45. The minimum absolute atomic E-state index is 0.231. The molecule has 9 nitrogen and oxygen atoms in total. The number of likely N-dealkylation sites (tertiary alicyclic amines) is 1. The topological polar surface area (TPSA) is 109 Å². The van der Waals surface area contributed by atoms with Crippen molar-refractivity contribution in [2.45, 2.75) is 25.7 Å². The highest BCUT2D eigenvalue weighted by atomic mass is 16.6. The van der Waals surface area contributed by atoms with Crippen molar-refractivity contribution >= 4 is 22.8 Å². The van der Waals surface area contributed by atoms with Crippen molar-refractivity contribution in [3.63, 3.8) is 0 Å². The van der Waals surface area contributed by atoms with E-state index in [0.29, 0.717) is 23.2 Å². The Morgan fingerprint density at radius 1 is 1.27 bits per heavy atom. The molecule has 2 aliphatic heterocycles. The van der Waals surface area contributed by atoms with E-state index in [1.807, 2.05) is 25.1 Å². The molecule has 0 saturated carbocycles. The Morgan fingerprint density at radius 2 is 2.10 bits per heavy atom. The molecular formula is C21H24N6O3. The Morgan fingerprint density at radius 3 is 2.90 bits per heavy atom. The van der Waals surface area contributed by atoms with Crippen LogP contribution in [-0.2, 0) is 9.53 Å². The fourth-order valence-corrected chi connectivity index (χ4v) is 4.57. The predicted octanol–water partition coefficient (Wildman–Crippen LogP) is 2.66. The number of hydrogen-bond donors (Lipinski definition) is 2. The van der Waals surface area contributed by atoms with Crippen LogP contribution in [0.5, 0.6) is 0 Å². The molecule has 3 aromatic rings. The maximum absolute atomic E-state index is 13.3. The number of allylic oxidation sites excluding steroid dienone is 1. The summed E-state index contributed by atoms with van der Waals surface area (Å²) in [5.74, 6) is 0.346. The number of carbonyl (C=O) groups excluding carboxylic acids is 1. The third kappa shape index (κ3) is 3.06. The number of anilines is 1. The van der Waals surface area contributed by atoms with Crippen molar-refractivity contribution in [2.75, 3.05) is 32.1 Å². The van der Waals surface area contributed by atoms with Crippen LogP contribution < -0.4 is 5.32 Å². The molecule has 1 saturated heterocycles. The second-order valence-electron chi connectivity index (χ2n) is 7.86. The Bertz CT molecular complexity index is 1110. The fourth-order valence-electron chi connectivity index (χ4n) is 4.57. The standard InChI is InChI=1S/C21H24N6O3/c1-3-29-21(28)17-16(13-5-4-6-15-19(13)26-30-25-15)14-11-22-24-20(14)23-18(17)12-7-9-27(2)10-8-12/h4-6,11-12,16H,3,7-10H2,1-2H3,(H2,22,23,24). The van der Waals surface area contributed by atoms with Crippen molar-refractivity contribution in [1.29, 1.82) is 0 Å². The Balaban J connectivity index is 1.71. The molecular weight excluding hydrogens is 384 g/mol. The zero-order chi connectivity index (χ0) is 20.7. The van der Waals surface area contributed by atoms with Crippen LogP contribution in [0.3, 0.4) is 0 Å². The zero-order valence-corrected chi connectivity index (χ0v) is 17.0. The lowest BCUT2D eigenvalue weighted by Gasteiger charge is -2.36. The molecule has 2 aliphatic rings. The first-order valence-corrected chi connectivity index (χ1v) is 10.3. The van der Waals surface area contributed by atoms with Crippen LogP contribution in [0.2, 0.25) is 0 Å².